The molecule has 1 saturated carbocycles. The van der Waals surface area contributed by atoms with Gasteiger partial charge in [-0.15, -0.1) is 0 Å². The van der Waals surface area contributed by atoms with Gasteiger partial charge in [-0.05, 0) is 58.6 Å². The number of nitrogens with zero attached hydrogens (tertiary/aromatic N) is 3. The Labute approximate surface area is 176 Å². The fraction of sp³-hybridized carbons (Fsp3) is 0.619. The molecule has 29 heavy (non-hydrogen) atoms. The van der Waals surface area contributed by atoms with Crippen molar-refractivity contribution in [1.82, 2.24) is 19.6 Å². The first-order chi connectivity index (χ1) is 13.5. The number of ether oxygens (including phenoxy) is 1. The second-order valence-electron chi connectivity index (χ2n) is 9.67. The topological polar surface area (TPSA) is 79.1 Å². The lowest BCUT2D eigenvalue weighted by Gasteiger charge is -2.31. The number of likely N-dealkylation sites (tertiary alicyclic amines) is 1. The molecule has 1 aliphatic heterocycles. The van der Waals surface area contributed by atoms with Gasteiger partial charge in [0.1, 0.15) is 5.82 Å². The third-order valence-corrected chi connectivity index (χ3v) is 6.13. The maximum Gasteiger partial charge on any atom is 0.224 e. The fourth-order valence-electron chi connectivity index (χ4n) is 4.42. The number of aromatic nitrogens is 2. The molecule has 7 nitrogen and oxygen atoms in total. The third-order valence-electron chi connectivity index (χ3n) is 5.81. The van der Waals surface area contributed by atoms with E-state index in [4.69, 9.17) is 16.3 Å². The first kappa shape index (κ1) is 20.6. The van der Waals surface area contributed by atoms with Crippen LogP contribution in [-0.2, 0) is 15.1 Å². The third kappa shape index (κ3) is 3.89. The van der Waals surface area contributed by atoms with Gasteiger partial charge in [-0.3, -0.25) is 9.69 Å². The molecule has 2 N–H and O–H groups in total. The number of fused-ring (bicyclic) bond motifs is 2. The van der Waals surface area contributed by atoms with Crippen molar-refractivity contribution >= 4 is 23.0 Å². The number of carbonyl (C=O) groups excluding carboxylic acids is 1. The highest BCUT2D eigenvalue weighted by molar-refractivity contribution is 6.33. The van der Waals surface area contributed by atoms with Crippen molar-refractivity contribution in [2.75, 3.05) is 13.1 Å². The smallest absolute Gasteiger partial charge is 0.224 e. The van der Waals surface area contributed by atoms with Crippen LogP contribution in [0.5, 0.6) is 0 Å². The molecule has 2 aliphatic rings. The number of imidazole rings is 1. The maximum atomic E-state index is 13.0. The van der Waals surface area contributed by atoms with Crippen molar-refractivity contribution in [1.29, 1.82) is 0 Å². The van der Waals surface area contributed by atoms with E-state index in [0.717, 1.165) is 11.3 Å². The Kier molecular flexibility index (Phi) is 4.93. The molecule has 2 fully saturated rings. The normalized spacial score (nSPS) is 25.8. The number of amides is 1. The Bertz CT molecular complexity index is 924. The highest BCUT2D eigenvalue weighted by Gasteiger charge is 2.60. The molecule has 2 unspecified atom stereocenters. The monoisotopic (exact) mass is 420 g/mol. The van der Waals surface area contributed by atoms with Gasteiger partial charge in [0.25, 0.3) is 0 Å². The van der Waals surface area contributed by atoms with Gasteiger partial charge in [0.05, 0.1) is 27.9 Å². The molecule has 158 valence electrons. The van der Waals surface area contributed by atoms with Gasteiger partial charge in [-0.1, -0.05) is 11.6 Å². The number of halogens is 1. The number of nitrogens with one attached hydrogen (secondary N) is 1. The second-order valence-corrected chi connectivity index (χ2v) is 10.1. The highest BCUT2D eigenvalue weighted by atomic mass is 35.5. The van der Waals surface area contributed by atoms with E-state index in [-0.39, 0.29) is 23.7 Å². The molecule has 4 atom stereocenters. The van der Waals surface area contributed by atoms with Gasteiger partial charge >= 0.3 is 0 Å². The van der Waals surface area contributed by atoms with Crippen LogP contribution in [0.1, 0.15) is 40.4 Å². The zero-order valence-corrected chi connectivity index (χ0v) is 18.3. The first-order valence-corrected chi connectivity index (χ1v) is 10.4. The van der Waals surface area contributed by atoms with Crippen LogP contribution in [0.25, 0.3) is 5.52 Å². The Morgan fingerprint density at radius 3 is 2.59 bits per heavy atom. The summed E-state index contributed by atoms with van der Waals surface area (Å²) in [7, 11) is 0. The van der Waals surface area contributed by atoms with Crippen LogP contribution in [0.4, 0.5) is 0 Å². The van der Waals surface area contributed by atoms with E-state index in [1.165, 1.54) is 0 Å². The largest absolute Gasteiger partial charge is 0.356 e. The molecule has 0 radical (unpaired) electrons. The average Bonchev–Trinajstić information content (AvgIpc) is 2.96. The quantitative estimate of drug-likeness (QED) is 0.727. The summed E-state index contributed by atoms with van der Waals surface area (Å²) < 4.78 is 7.54. The van der Waals surface area contributed by atoms with Gasteiger partial charge < -0.3 is 19.6 Å². The van der Waals surface area contributed by atoms with Crippen molar-refractivity contribution in [2.24, 2.45) is 17.8 Å². The number of pyridine rings is 1. The van der Waals surface area contributed by atoms with Crippen LogP contribution >= 0.6 is 11.6 Å². The minimum absolute atomic E-state index is 0.0258. The number of aliphatic hydroxyl groups excluding tert-OH is 1. The minimum Gasteiger partial charge on any atom is -0.356 e. The lowest BCUT2D eigenvalue weighted by atomic mass is 10.0. The van der Waals surface area contributed by atoms with E-state index in [0.29, 0.717) is 18.1 Å². The van der Waals surface area contributed by atoms with Crippen LogP contribution in [0, 0.1) is 17.8 Å². The molecular formula is C21H29ClN4O3. The molecule has 2 aromatic rings. The van der Waals surface area contributed by atoms with E-state index in [2.05, 4.69) is 10.3 Å². The molecule has 0 spiro atoms. The number of aliphatic hydroxyl groups is 1. The Morgan fingerprint density at radius 1 is 1.31 bits per heavy atom. The number of piperidine rings is 1. The number of rotatable bonds is 5. The van der Waals surface area contributed by atoms with E-state index in [9.17, 15) is 9.90 Å². The van der Waals surface area contributed by atoms with Gasteiger partial charge in [0, 0.05) is 25.2 Å². The zero-order chi connectivity index (χ0) is 21.1. The molecule has 8 heteroatoms. The van der Waals surface area contributed by atoms with Gasteiger partial charge in [-0.2, -0.15) is 0 Å². The fourth-order valence-corrected chi connectivity index (χ4v) is 4.63. The molecule has 2 aromatic heterocycles. The zero-order valence-electron chi connectivity index (χ0n) is 17.5. The van der Waals surface area contributed by atoms with E-state index in [1.54, 1.807) is 6.20 Å². The standard InChI is InChI=1S/C21H29ClN4O3/c1-20(2,3)29-19(28)25-10-12-13(11-25)16(12)17(27)24-21(4,5)18-23-9-15-14(22)7-6-8-26(15)18/h6-9,12-13,16,19,28H,10-11H2,1-5H3,(H,24,27)/t12-,13+,16?,19?. The summed E-state index contributed by atoms with van der Waals surface area (Å²) in [6.45, 7) is 11.0. The van der Waals surface area contributed by atoms with Crippen LogP contribution in [0.3, 0.4) is 0 Å². The maximum absolute atomic E-state index is 13.0. The predicted molar refractivity (Wildman–Crippen MR) is 110 cm³/mol. The van der Waals surface area contributed by atoms with Crippen molar-refractivity contribution < 1.29 is 14.6 Å². The Balaban J connectivity index is 1.39. The molecule has 1 saturated heterocycles. The summed E-state index contributed by atoms with van der Waals surface area (Å²) in [6, 6.07) is 3.69. The number of carbonyl (C=O) groups is 1. The summed E-state index contributed by atoms with van der Waals surface area (Å²) in [5.74, 6) is 1.27. The molecule has 1 amide bonds. The van der Waals surface area contributed by atoms with Crippen LogP contribution in [0.15, 0.2) is 24.5 Å². The summed E-state index contributed by atoms with van der Waals surface area (Å²) in [6.07, 6.45) is 2.70. The Hall–Kier alpha value is -1.67. The Morgan fingerprint density at radius 2 is 1.97 bits per heavy atom. The molecule has 1 aliphatic carbocycles. The lowest BCUT2D eigenvalue weighted by Crippen LogP contribution is -2.46. The van der Waals surface area contributed by atoms with Gasteiger partial charge in [-0.25, -0.2) is 4.98 Å². The summed E-state index contributed by atoms with van der Waals surface area (Å²) in [5, 5.41) is 14.1. The van der Waals surface area contributed by atoms with E-state index < -0.39 is 17.6 Å². The molecule has 0 bridgehead atoms. The summed E-state index contributed by atoms with van der Waals surface area (Å²) in [4.78, 5) is 19.4. The van der Waals surface area contributed by atoms with Crippen molar-refractivity contribution in [3.63, 3.8) is 0 Å². The van der Waals surface area contributed by atoms with Crippen molar-refractivity contribution in [3.05, 3.63) is 35.4 Å². The average molecular weight is 421 g/mol. The molecular weight excluding hydrogens is 392 g/mol. The van der Waals surface area contributed by atoms with Crippen molar-refractivity contribution in [2.45, 2.75) is 52.2 Å². The van der Waals surface area contributed by atoms with E-state index >= 15 is 0 Å². The van der Waals surface area contributed by atoms with Crippen LogP contribution in [-0.4, -0.2) is 50.4 Å². The SMILES string of the molecule is CC(C)(C)OC(O)N1C[C@@H]2C(C(=O)NC(C)(C)c3ncc4c(Cl)cccn34)[C@@H]2C1. The molecule has 4 rings (SSSR count). The van der Waals surface area contributed by atoms with Gasteiger partial charge in [0.15, 0.2) is 0 Å². The predicted octanol–water partition coefficient (Wildman–Crippen LogP) is 2.61. The summed E-state index contributed by atoms with van der Waals surface area (Å²) in [5.41, 5.74) is -0.235. The van der Waals surface area contributed by atoms with Gasteiger partial charge in [0.2, 0.25) is 12.3 Å². The number of hydrogen-bond acceptors (Lipinski definition) is 5. The number of hydrogen-bond donors (Lipinski definition) is 2. The molecule has 0 aromatic carbocycles. The second kappa shape index (κ2) is 6.94. The van der Waals surface area contributed by atoms with Crippen LogP contribution < -0.4 is 5.32 Å². The molecule has 3 heterocycles. The first-order valence-electron chi connectivity index (χ1n) is 10.0. The lowest BCUT2D eigenvalue weighted by molar-refractivity contribution is -0.236. The van der Waals surface area contributed by atoms with E-state index in [1.807, 2.05) is 62.2 Å². The summed E-state index contributed by atoms with van der Waals surface area (Å²) >= 11 is 6.25. The van der Waals surface area contributed by atoms with Crippen LogP contribution in [0.2, 0.25) is 5.02 Å². The minimum atomic E-state index is -0.927. The van der Waals surface area contributed by atoms with Crippen molar-refractivity contribution in [3.8, 4) is 0 Å². The highest BCUT2D eigenvalue weighted by Crippen LogP contribution is 2.52.